The van der Waals surface area contributed by atoms with Crippen LogP contribution in [0.2, 0.25) is 0 Å². The molecule has 1 aliphatic rings. The molecule has 16 heavy (non-hydrogen) atoms. The van der Waals surface area contributed by atoms with Gasteiger partial charge in [0.25, 0.3) is 0 Å². The van der Waals surface area contributed by atoms with Gasteiger partial charge in [0.1, 0.15) is 0 Å². The van der Waals surface area contributed by atoms with Gasteiger partial charge in [-0.3, -0.25) is 4.90 Å². The van der Waals surface area contributed by atoms with E-state index in [9.17, 15) is 0 Å². The Hall–Kier alpha value is -0.380. The summed E-state index contributed by atoms with van der Waals surface area (Å²) in [5, 5.41) is 2.17. The maximum Gasteiger partial charge on any atom is 0.0328 e. The van der Waals surface area contributed by atoms with Crippen molar-refractivity contribution >= 4 is 11.3 Å². The zero-order chi connectivity index (χ0) is 11.4. The molecule has 0 bridgehead atoms. The average molecular weight is 238 g/mol. The van der Waals surface area contributed by atoms with Gasteiger partial charge in [0.05, 0.1) is 0 Å². The van der Waals surface area contributed by atoms with Gasteiger partial charge in [-0.05, 0) is 17.4 Å². The molecule has 0 N–H and O–H groups in total. The first-order chi connectivity index (χ1) is 7.74. The van der Waals surface area contributed by atoms with Crippen molar-refractivity contribution in [2.75, 3.05) is 32.7 Å². The Morgan fingerprint density at radius 2 is 1.88 bits per heavy atom. The van der Waals surface area contributed by atoms with Crippen molar-refractivity contribution < 1.29 is 0 Å². The van der Waals surface area contributed by atoms with E-state index in [1.807, 2.05) is 11.3 Å². The molecule has 2 nitrogen and oxygen atoms in total. The first kappa shape index (κ1) is 12.1. The van der Waals surface area contributed by atoms with Crippen LogP contribution in [-0.4, -0.2) is 42.5 Å². The highest BCUT2D eigenvalue weighted by molar-refractivity contribution is 7.09. The zero-order valence-electron chi connectivity index (χ0n) is 10.4. The number of rotatable bonds is 4. The molecule has 2 rings (SSSR count). The highest BCUT2D eigenvalue weighted by atomic mass is 32.1. The third-order valence-corrected chi connectivity index (χ3v) is 3.91. The number of hydrogen-bond donors (Lipinski definition) is 0. The van der Waals surface area contributed by atoms with Crippen LogP contribution in [-0.2, 0) is 6.54 Å². The normalized spacial score (nSPS) is 19.4. The number of hydrogen-bond acceptors (Lipinski definition) is 3. The standard InChI is InChI=1S/C13H22N2S/c1-12(2)10-14-5-7-15(8-6-14)11-13-4-3-9-16-13/h3-4,9,12H,5-8,10-11H2,1-2H3. The summed E-state index contributed by atoms with van der Waals surface area (Å²) in [7, 11) is 0. The van der Waals surface area contributed by atoms with Crippen molar-refractivity contribution in [3.05, 3.63) is 22.4 Å². The van der Waals surface area contributed by atoms with E-state index in [1.54, 1.807) is 0 Å². The lowest BCUT2D eigenvalue weighted by atomic mass is 10.2. The molecule has 1 aromatic heterocycles. The molecule has 1 aliphatic heterocycles. The number of nitrogens with zero attached hydrogens (tertiary/aromatic N) is 2. The van der Waals surface area contributed by atoms with Crippen molar-refractivity contribution in [3.8, 4) is 0 Å². The van der Waals surface area contributed by atoms with Gasteiger partial charge in [-0.2, -0.15) is 0 Å². The van der Waals surface area contributed by atoms with Crippen molar-refractivity contribution in [3.63, 3.8) is 0 Å². The summed E-state index contributed by atoms with van der Waals surface area (Å²) in [6, 6.07) is 4.39. The maximum absolute atomic E-state index is 2.59. The van der Waals surface area contributed by atoms with Crippen molar-refractivity contribution in [1.29, 1.82) is 0 Å². The van der Waals surface area contributed by atoms with Gasteiger partial charge in [-0.25, -0.2) is 0 Å². The Kier molecular flexibility index (Phi) is 4.38. The molecule has 0 radical (unpaired) electrons. The van der Waals surface area contributed by atoms with Crippen LogP contribution in [0.3, 0.4) is 0 Å². The van der Waals surface area contributed by atoms with Crippen LogP contribution in [0.15, 0.2) is 17.5 Å². The van der Waals surface area contributed by atoms with Crippen LogP contribution in [0.25, 0.3) is 0 Å². The summed E-state index contributed by atoms with van der Waals surface area (Å²) in [4.78, 5) is 6.66. The van der Waals surface area contributed by atoms with Gasteiger partial charge in [0.2, 0.25) is 0 Å². The predicted octanol–water partition coefficient (Wildman–Crippen LogP) is 2.52. The highest BCUT2D eigenvalue weighted by Gasteiger charge is 2.17. The van der Waals surface area contributed by atoms with Crippen LogP contribution < -0.4 is 0 Å². The molecule has 0 aromatic carbocycles. The topological polar surface area (TPSA) is 6.48 Å². The van der Waals surface area contributed by atoms with Crippen LogP contribution in [0.4, 0.5) is 0 Å². The molecule has 0 atom stereocenters. The minimum atomic E-state index is 0.795. The fraction of sp³-hybridized carbons (Fsp3) is 0.692. The van der Waals surface area contributed by atoms with Gasteiger partial charge in [-0.15, -0.1) is 11.3 Å². The quantitative estimate of drug-likeness (QED) is 0.795. The smallest absolute Gasteiger partial charge is 0.0328 e. The van der Waals surface area contributed by atoms with E-state index in [1.165, 1.54) is 37.6 Å². The molecule has 2 heterocycles. The summed E-state index contributed by atoms with van der Waals surface area (Å²) in [6.45, 7) is 11.9. The molecule has 0 saturated carbocycles. The second-order valence-corrected chi connectivity index (χ2v) is 6.08. The summed E-state index contributed by atoms with van der Waals surface area (Å²) < 4.78 is 0. The predicted molar refractivity (Wildman–Crippen MR) is 70.9 cm³/mol. The average Bonchev–Trinajstić information content (AvgIpc) is 2.73. The van der Waals surface area contributed by atoms with Gasteiger partial charge >= 0.3 is 0 Å². The lowest BCUT2D eigenvalue weighted by Gasteiger charge is -2.35. The SMILES string of the molecule is CC(C)CN1CCN(Cc2cccs2)CC1. The molecule has 1 fully saturated rings. The summed E-state index contributed by atoms with van der Waals surface area (Å²) in [5.74, 6) is 0.795. The van der Waals surface area contributed by atoms with Crippen molar-refractivity contribution in [2.45, 2.75) is 20.4 Å². The van der Waals surface area contributed by atoms with Gasteiger partial charge in [0.15, 0.2) is 0 Å². The fourth-order valence-electron chi connectivity index (χ4n) is 2.27. The second-order valence-electron chi connectivity index (χ2n) is 5.05. The molecule has 0 spiro atoms. The summed E-state index contributed by atoms with van der Waals surface area (Å²) in [5.41, 5.74) is 0. The summed E-state index contributed by atoms with van der Waals surface area (Å²) >= 11 is 1.87. The second kappa shape index (κ2) is 5.80. The molecule has 90 valence electrons. The van der Waals surface area contributed by atoms with E-state index in [0.717, 1.165) is 12.5 Å². The maximum atomic E-state index is 2.59. The molecule has 0 amide bonds. The Morgan fingerprint density at radius 1 is 1.19 bits per heavy atom. The summed E-state index contributed by atoms with van der Waals surface area (Å²) in [6.07, 6.45) is 0. The van der Waals surface area contributed by atoms with Crippen molar-refractivity contribution in [2.24, 2.45) is 5.92 Å². The van der Waals surface area contributed by atoms with Crippen LogP contribution in [0, 0.1) is 5.92 Å². The zero-order valence-corrected chi connectivity index (χ0v) is 11.2. The molecule has 1 aromatic rings. The van der Waals surface area contributed by atoms with Gasteiger partial charge < -0.3 is 4.90 Å². The van der Waals surface area contributed by atoms with Crippen LogP contribution >= 0.6 is 11.3 Å². The van der Waals surface area contributed by atoms with Crippen LogP contribution in [0.5, 0.6) is 0 Å². The van der Waals surface area contributed by atoms with Crippen LogP contribution in [0.1, 0.15) is 18.7 Å². The third kappa shape index (κ3) is 3.58. The third-order valence-electron chi connectivity index (χ3n) is 3.05. The van der Waals surface area contributed by atoms with E-state index in [0.29, 0.717) is 0 Å². The minimum Gasteiger partial charge on any atom is -0.301 e. The molecular formula is C13H22N2S. The molecule has 0 aliphatic carbocycles. The van der Waals surface area contributed by atoms with E-state index < -0.39 is 0 Å². The van der Waals surface area contributed by atoms with E-state index in [-0.39, 0.29) is 0 Å². The lowest BCUT2D eigenvalue weighted by Crippen LogP contribution is -2.46. The monoisotopic (exact) mass is 238 g/mol. The van der Waals surface area contributed by atoms with Gasteiger partial charge in [-0.1, -0.05) is 19.9 Å². The van der Waals surface area contributed by atoms with E-state index in [2.05, 4.69) is 41.2 Å². The van der Waals surface area contributed by atoms with E-state index >= 15 is 0 Å². The first-order valence-electron chi connectivity index (χ1n) is 6.21. The molecular weight excluding hydrogens is 216 g/mol. The lowest BCUT2D eigenvalue weighted by molar-refractivity contribution is 0.118. The largest absolute Gasteiger partial charge is 0.301 e. The first-order valence-corrected chi connectivity index (χ1v) is 7.09. The Morgan fingerprint density at radius 3 is 2.44 bits per heavy atom. The number of thiophene rings is 1. The molecule has 3 heteroatoms. The Labute approximate surface area is 103 Å². The fourth-order valence-corrected chi connectivity index (χ4v) is 3.02. The van der Waals surface area contributed by atoms with Gasteiger partial charge in [0, 0.05) is 44.1 Å². The highest BCUT2D eigenvalue weighted by Crippen LogP contribution is 2.13. The van der Waals surface area contributed by atoms with Crippen molar-refractivity contribution in [1.82, 2.24) is 9.80 Å². The Balaban J connectivity index is 1.73. The molecule has 0 unspecified atom stereocenters. The van der Waals surface area contributed by atoms with E-state index in [4.69, 9.17) is 0 Å². The number of piperazine rings is 1. The molecule has 1 saturated heterocycles. The minimum absolute atomic E-state index is 0.795. The Bertz CT molecular complexity index is 287.